The number of ether oxygens (including phenoxy) is 2. The standard InChI is InChI=1S/C13H19NO3/c1-5-14-8-11(15)10-7-13(17-4)12(16-3)6-9(10)2/h6-7,14H,5,8H2,1-4H3. The minimum absolute atomic E-state index is 0.0605. The highest BCUT2D eigenvalue weighted by Crippen LogP contribution is 2.30. The molecule has 0 fully saturated rings. The fraction of sp³-hybridized carbons (Fsp3) is 0.462. The van der Waals surface area contributed by atoms with Crippen LogP contribution in [0.5, 0.6) is 11.5 Å². The van der Waals surface area contributed by atoms with Crippen LogP contribution in [0.2, 0.25) is 0 Å². The molecule has 0 aliphatic carbocycles. The number of methoxy groups -OCH3 is 2. The molecule has 4 heteroatoms. The summed E-state index contributed by atoms with van der Waals surface area (Å²) < 4.78 is 10.4. The Bertz CT molecular complexity index is 402. The predicted molar refractivity (Wildman–Crippen MR) is 67.2 cm³/mol. The van der Waals surface area contributed by atoms with E-state index in [-0.39, 0.29) is 5.78 Å². The van der Waals surface area contributed by atoms with Crippen LogP contribution in [0, 0.1) is 6.92 Å². The maximum Gasteiger partial charge on any atom is 0.177 e. The highest BCUT2D eigenvalue weighted by atomic mass is 16.5. The second-order valence-electron chi connectivity index (χ2n) is 3.73. The van der Waals surface area contributed by atoms with Crippen LogP contribution in [0.3, 0.4) is 0 Å². The number of carbonyl (C=O) groups is 1. The van der Waals surface area contributed by atoms with Gasteiger partial charge in [0.2, 0.25) is 0 Å². The van der Waals surface area contributed by atoms with E-state index in [0.717, 1.165) is 12.1 Å². The molecule has 0 aromatic heterocycles. The molecule has 0 bridgehead atoms. The van der Waals surface area contributed by atoms with Crippen LogP contribution in [0.15, 0.2) is 12.1 Å². The first-order chi connectivity index (χ1) is 8.13. The molecule has 0 heterocycles. The quantitative estimate of drug-likeness (QED) is 0.766. The SMILES string of the molecule is CCNCC(=O)c1cc(OC)c(OC)cc1C. The molecule has 4 nitrogen and oxygen atoms in total. The van der Waals surface area contributed by atoms with Crippen molar-refractivity contribution in [3.05, 3.63) is 23.3 Å². The molecule has 0 spiro atoms. The lowest BCUT2D eigenvalue weighted by Crippen LogP contribution is -2.23. The van der Waals surface area contributed by atoms with Gasteiger partial charge in [-0.2, -0.15) is 0 Å². The molecule has 94 valence electrons. The van der Waals surface area contributed by atoms with Crippen LogP contribution in [0.4, 0.5) is 0 Å². The van der Waals surface area contributed by atoms with E-state index in [1.807, 2.05) is 19.9 Å². The van der Waals surface area contributed by atoms with Gasteiger partial charge in [0, 0.05) is 5.56 Å². The zero-order valence-electron chi connectivity index (χ0n) is 10.8. The minimum atomic E-state index is 0.0605. The van der Waals surface area contributed by atoms with Crippen molar-refractivity contribution in [3.63, 3.8) is 0 Å². The number of carbonyl (C=O) groups excluding carboxylic acids is 1. The second kappa shape index (κ2) is 6.25. The van der Waals surface area contributed by atoms with Crippen molar-refractivity contribution < 1.29 is 14.3 Å². The zero-order valence-corrected chi connectivity index (χ0v) is 10.8. The highest BCUT2D eigenvalue weighted by Gasteiger charge is 2.13. The summed E-state index contributed by atoms with van der Waals surface area (Å²) in [6.07, 6.45) is 0. The predicted octanol–water partition coefficient (Wildman–Crippen LogP) is 1.80. The molecule has 1 N–H and O–H groups in total. The summed E-state index contributed by atoms with van der Waals surface area (Å²) in [6.45, 7) is 4.97. The van der Waals surface area contributed by atoms with Crippen LogP contribution in [0.1, 0.15) is 22.8 Å². The average Bonchev–Trinajstić information content (AvgIpc) is 2.35. The van der Waals surface area contributed by atoms with Gasteiger partial charge in [-0.05, 0) is 31.2 Å². The normalized spacial score (nSPS) is 10.1. The first-order valence-electron chi connectivity index (χ1n) is 5.60. The highest BCUT2D eigenvalue weighted by molar-refractivity contribution is 5.99. The Labute approximate surface area is 102 Å². The number of aryl methyl sites for hydroxylation is 1. The number of Topliss-reactive ketones (excluding diaryl/α,β-unsaturated/α-hetero) is 1. The fourth-order valence-corrected chi connectivity index (χ4v) is 1.61. The van der Waals surface area contributed by atoms with Gasteiger partial charge in [0.25, 0.3) is 0 Å². The molecule has 0 atom stereocenters. The van der Waals surface area contributed by atoms with E-state index >= 15 is 0 Å². The van der Waals surface area contributed by atoms with Gasteiger partial charge >= 0.3 is 0 Å². The van der Waals surface area contributed by atoms with E-state index in [4.69, 9.17) is 9.47 Å². The lowest BCUT2D eigenvalue weighted by atomic mass is 10.0. The van der Waals surface area contributed by atoms with E-state index in [1.54, 1.807) is 20.3 Å². The van der Waals surface area contributed by atoms with E-state index in [2.05, 4.69) is 5.32 Å². The lowest BCUT2D eigenvalue weighted by molar-refractivity contribution is 0.0991. The van der Waals surface area contributed by atoms with Crippen LogP contribution >= 0.6 is 0 Å². The summed E-state index contributed by atoms with van der Waals surface area (Å²) in [5.74, 6) is 1.29. The first kappa shape index (κ1) is 13.5. The third-order valence-corrected chi connectivity index (χ3v) is 2.57. The smallest absolute Gasteiger partial charge is 0.177 e. The number of benzene rings is 1. The molecule has 1 rings (SSSR count). The molecule has 0 radical (unpaired) electrons. The lowest BCUT2D eigenvalue weighted by Gasteiger charge is -2.12. The Hall–Kier alpha value is -1.55. The van der Waals surface area contributed by atoms with Crippen molar-refractivity contribution in [2.45, 2.75) is 13.8 Å². The van der Waals surface area contributed by atoms with Crippen molar-refractivity contribution >= 4 is 5.78 Å². The Balaban J connectivity index is 3.03. The Morgan fingerprint density at radius 1 is 1.24 bits per heavy atom. The Morgan fingerprint density at radius 2 is 1.82 bits per heavy atom. The molecule has 0 aliphatic heterocycles. The molecule has 17 heavy (non-hydrogen) atoms. The van der Waals surface area contributed by atoms with Crippen molar-refractivity contribution in [1.82, 2.24) is 5.32 Å². The van der Waals surface area contributed by atoms with Gasteiger partial charge in [0.15, 0.2) is 17.3 Å². The van der Waals surface area contributed by atoms with E-state index in [1.165, 1.54) is 0 Å². The molecule has 1 aromatic rings. The van der Waals surface area contributed by atoms with Crippen LogP contribution in [-0.2, 0) is 0 Å². The maximum absolute atomic E-state index is 11.9. The number of rotatable bonds is 6. The summed E-state index contributed by atoms with van der Waals surface area (Å²) in [7, 11) is 3.14. The molecular formula is C13H19NO3. The van der Waals surface area contributed by atoms with Crippen LogP contribution < -0.4 is 14.8 Å². The molecule has 0 saturated carbocycles. The van der Waals surface area contributed by atoms with Crippen molar-refractivity contribution in [1.29, 1.82) is 0 Å². The molecule has 0 aliphatic rings. The Kier molecular flexibility index (Phi) is 4.97. The largest absolute Gasteiger partial charge is 0.493 e. The third kappa shape index (κ3) is 3.20. The molecule has 1 aromatic carbocycles. The monoisotopic (exact) mass is 237 g/mol. The van der Waals surface area contributed by atoms with Crippen molar-refractivity contribution in [3.8, 4) is 11.5 Å². The molecule has 0 amide bonds. The van der Waals surface area contributed by atoms with Gasteiger partial charge in [-0.15, -0.1) is 0 Å². The zero-order chi connectivity index (χ0) is 12.8. The Morgan fingerprint density at radius 3 is 2.35 bits per heavy atom. The molecule has 0 saturated heterocycles. The minimum Gasteiger partial charge on any atom is -0.493 e. The topological polar surface area (TPSA) is 47.6 Å². The first-order valence-corrected chi connectivity index (χ1v) is 5.60. The van der Waals surface area contributed by atoms with Gasteiger partial charge < -0.3 is 14.8 Å². The van der Waals surface area contributed by atoms with Gasteiger partial charge in [-0.1, -0.05) is 6.92 Å². The summed E-state index contributed by atoms with van der Waals surface area (Å²) in [4.78, 5) is 11.9. The number of hydrogen-bond donors (Lipinski definition) is 1. The molecule has 0 unspecified atom stereocenters. The van der Waals surface area contributed by atoms with Crippen LogP contribution in [-0.4, -0.2) is 33.1 Å². The van der Waals surface area contributed by atoms with E-state index < -0.39 is 0 Å². The van der Waals surface area contributed by atoms with Gasteiger partial charge in [0.05, 0.1) is 20.8 Å². The summed E-state index contributed by atoms with van der Waals surface area (Å²) in [5, 5.41) is 3.02. The number of hydrogen-bond acceptors (Lipinski definition) is 4. The summed E-state index contributed by atoms with van der Waals surface area (Å²) >= 11 is 0. The number of ketones is 1. The van der Waals surface area contributed by atoms with Gasteiger partial charge in [-0.3, -0.25) is 4.79 Å². The van der Waals surface area contributed by atoms with Crippen LogP contribution in [0.25, 0.3) is 0 Å². The number of nitrogens with one attached hydrogen (secondary N) is 1. The van der Waals surface area contributed by atoms with Crippen molar-refractivity contribution in [2.75, 3.05) is 27.3 Å². The fourth-order valence-electron chi connectivity index (χ4n) is 1.61. The summed E-state index contributed by atoms with van der Waals surface area (Å²) in [5.41, 5.74) is 1.56. The van der Waals surface area contributed by atoms with Gasteiger partial charge in [0.1, 0.15) is 0 Å². The van der Waals surface area contributed by atoms with E-state index in [0.29, 0.717) is 23.6 Å². The van der Waals surface area contributed by atoms with Crippen molar-refractivity contribution in [2.24, 2.45) is 0 Å². The molecular weight excluding hydrogens is 218 g/mol. The third-order valence-electron chi connectivity index (χ3n) is 2.57. The van der Waals surface area contributed by atoms with E-state index in [9.17, 15) is 4.79 Å². The number of likely N-dealkylation sites (N-methyl/N-ethyl adjacent to an activating group) is 1. The average molecular weight is 237 g/mol. The summed E-state index contributed by atoms with van der Waals surface area (Å²) in [6, 6.07) is 3.55. The maximum atomic E-state index is 11.9. The van der Waals surface area contributed by atoms with Gasteiger partial charge in [-0.25, -0.2) is 0 Å². The second-order valence-corrected chi connectivity index (χ2v) is 3.73.